The molecule has 0 saturated carbocycles. The van der Waals surface area contributed by atoms with E-state index >= 15 is 0 Å². The number of carbonyl (C=O) groups excluding carboxylic acids is 1. The first-order valence-electron chi connectivity index (χ1n) is 8.78. The van der Waals surface area contributed by atoms with Crippen LogP contribution in [0.15, 0.2) is 41.2 Å². The summed E-state index contributed by atoms with van der Waals surface area (Å²) in [5, 5.41) is 17.0. The van der Waals surface area contributed by atoms with Gasteiger partial charge in [0, 0.05) is 17.8 Å². The van der Waals surface area contributed by atoms with E-state index in [1.54, 1.807) is 19.1 Å². The second-order valence-corrected chi connectivity index (χ2v) is 6.80. The van der Waals surface area contributed by atoms with Crippen molar-refractivity contribution in [1.82, 2.24) is 14.3 Å². The van der Waals surface area contributed by atoms with Gasteiger partial charge in [0.1, 0.15) is 23.1 Å². The van der Waals surface area contributed by atoms with Crippen molar-refractivity contribution in [2.75, 3.05) is 5.32 Å². The van der Waals surface area contributed by atoms with Gasteiger partial charge in [-0.25, -0.2) is 9.18 Å². The minimum absolute atomic E-state index is 0.155. The number of halogens is 1. The number of phenols is 1. The van der Waals surface area contributed by atoms with Crippen molar-refractivity contribution < 1.29 is 14.3 Å². The lowest BCUT2D eigenvalue weighted by Crippen LogP contribution is -2.26. The van der Waals surface area contributed by atoms with Gasteiger partial charge in [0.05, 0.1) is 5.56 Å². The monoisotopic (exact) mass is 384 g/mol. The van der Waals surface area contributed by atoms with Crippen molar-refractivity contribution in [2.45, 2.75) is 33.7 Å². The lowest BCUT2D eigenvalue weighted by Gasteiger charge is -2.11. The number of phenolic OH excluding ortho intramolecular Hbond substituents is 1. The lowest BCUT2D eigenvalue weighted by atomic mass is 10.1. The van der Waals surface area contributed by atoms with Crippen molar-refractivity contribution in [3.05, 3.63) is 69.7 Å². The fourth-order valence-corrected chi connectivity index (χ4v) is 3.03. The van der Waals surface area contributed by atoms with Crippen LogP contribution in [0.3, 0.4) is 0 Å². The number of aromatic hydroxyl groups is 1. The van der Waals surface area contributed by atoms with Crippen molar-refractivity contribution in [3.8, 4) is 11.4 Å². The summed E-state index contributed by atoms with van der Waals surface area (Å²) in [5.74, 6) is -1.54. The zero-order chi connectivity index (χ0) is 20.6. The van der Waals surface area contributed by atoms with Crippen molar-refractivity contribution in [1.29, 1.82) is 0 Å². The predicted molar refractivity (Wildman–Crippen MR) is 104 cm³/mol. The van der Waals surface area contributed by atoms with E-state index in [0.717, 1.165) is 22.4 Å². The molecule has 0 atom stereocenters. The van der Waals surface area contributed by atoms with Crippen LogP contribution in [-0.2, 0) is 0 Å². The first-order valence-corrected chi connectivity index (χ1v) is 8.78. The average molecular weight is 384 g/mol. The highest BCUT2D eigenvalue weighted by Crippen LogP contribution is 2.25. The molecule has 8 heteroatoms. The molecule has 0 unspecified atom stereocenters. The third kappa shape index (κ3) is 3.40. The molecule has 3 aromatic rings. The molecule has 1 heterocycles. The summed E-state index contributed by atoms with van der Waals surface area (Å²) >= 11 is 0. The number of carbonyl (C=O) groups is 1. The quantitative estimate of drug-likeness (QED) is 0.722. The highest BCUT2D eigenvalue weighted by atomic mass is 19.1. The molecular weight excluding hydrogens is 363 g/mol. The number of anilines is 1. The van der Waals surface area contributed by atoms with Crippen LogP contribution in [0.25, 0.3) is 5.69 Å². The molecule has 0 saturated heterocycles. The average Bonchev–Trinajstić information content (AvgIpc) is 2.92. The smallest absolute Gasteiger partial charge is 0.351 e. The summed E-state index contributed by atoms with van der Waals surface area (Å²) in [6.45, 7) is 7.08. The largest absolute Gasteiger partial charge is 0.507 e. The Kier molecular flexibility index (Phi) is 5.04. The van der Waals surface area contributed by atoms with Gasteiger partial charge in [-0.2, -0.15) is 9.78 Å². The molecule has 0 bridgehead atoms. The van der Waals surface area contributed by atoms with E-state index in [1.807, 2.05) is 32.9 Å². The van der Waals surface area contributed by atoms with E-state index in [0.29, 0.717) is 11.5 Å². The molecule has 1 amide bonds. The standard InChI is InChI=1S/C20H21FN4O3/c1-11(2)24-13(4)23-25(20(24)28)17-10-18(26)14(9-15(17)21)19(27)22-16-8-6-5-7-12(16)3/h5-11,26H,1-4H3,(H,22,27). The van der Waals surface area contributed by atoms with Crippen molar-refractivity contribution >= 4 is 11.6 Å². The van der Waals surface area contributed by atoms with Gasteiger partial charge in [-0.1, -0.05) is 18.2 Å². The molecule has 0 fully saturated rings. The highest BCUT2D eigenvalue weighted by molar-refractivity contribution is 6.06. The molecule has 7 nitrogen and oxygen atoms in total. The maximum atomic E-state index is 14.7. The van der Waals surface area contributed by atoms with Crippen LogP contribution in [0.1, 0.15) is 41.6 Å². The van der Waals surface area contributed by atoms with Crippen LogP contribution in [0.5, 0.6) is 5.75 Å². The Labute approximate surface area is 161 Å². The Hall–Kier alpha value is -3.42. The topological polar surface area (TPSA) is 89.2 Å². The number of hydrogen-bond donors (Lipinski definition) is 2. The van der Waals surface area contributed by atoms with Gasteiger partial charge in [-0.3, -0.25) is 9.36 Å². The molecule has 0 aliphatic carbocycles. The normalized spacial score (nSPS) is 11.1. The Morgan fingerprint density at radius 1 is 1.21 bits per heavy atom. The van der Waals surface area contributed by atoms with Crippen LogP contribution in [0.2, 0.25) is 0 Å². The van der Waals surface area contributed by atoms with Crippen molar-refractivity contribution in [3.63, 3.8) is 0 Å². The summed E-state index contributed by atoms with van der Waals surface area (Å²) in [5.41, 5.74) is 0.394. The van der Waals surface area contributed by atoms with E-state index < -0.39 is 23.2 Å². The van der Waals surface area contributed by atoms with E-state index in [9.17, 15) is 19.1 Å². The maximum absolute atomic E-state index is 14.7. The fraction of sp³-hybridized carbons (Fsp3) is 0.250. The van der Waals surface area contributed by atoms with Crippen LogP contribution in [0.4, 0.5) is 10.1 Å². The number of nitrogens with zero attached hydrogens (tertiary/aromatic N) is 3. The van der Waals surface area contributed by atoms with Gasteiger partial charge in [-0.15, -0.1) is 0 Å². The minimum atomic E-state index is -0.844. The third-order valence-electron chi connectivity index (χ3n) is 4.43. The maximum Gasteiger partial charge on any atom is 0.351 e. The van der Waals surface area contributed by atoms with Gasteiger partial charge < -0.3 is 10.4 Å². The first-order chi connectivity index (χ1) is 13.2. The number of amides is 1. The number of rotatable bonds is 4. The molecule has 0 spiro atoms. The van der Waals surface area contributed by atoms with Gasteiger partial charge >= 0.3 is 5.69 Å². The molecule has 0 aliphatic rings. The Morgan fingerprint density at radius 2 is 1.89 bits per heavy atom. The lowest BCUT2D eigenvalue weighted by molar-refractivity contribution is 0.102. The summed E-state index contributed by atoms with van der Waals surface area (Å²) in [7, 11) is 0. The SMILES string of the molecule is Cc1ccccc1NC(=O)c1cc(F)c(-n2nc(C)n(C(C)C)c2=O)cc1O. The highest BCUT2D eigenvalue weighted by Gasteiger charge is 2.21. The number of aryl methyl sites for hydroxylation is 2. The second-order valence-electron chi connectivity index (χ2n) is 6.80. The Bertz CT molecular complexity index is 1120. The van der Waals surface area contributed by atoms with Crippen LogP contribution in [-0.4, -0.2) is 25.4 Å². The van der Waals surface area contributed by atoms with Crippen LogP contribution < -0.4 is 11.0 Å². The summed E-state index contributed by atoms with van der Waals surface area (Å²) in [4.78, 5) is 25.0. The van der Waals surface area contributed by atoms with E-state index in [-0.39, 0.29) is 17.3 Å². The van der Waals surface area contributed by atoms with Gasteiger partial charge in [0.25, 0.3) is 5.91 Å². The summed E-state index contributed by atoms with van der Waals surface area (Å²) in [6.07, 6.45) is 0. The molecule has 2 aromatic carbocycles. The predicted octanol–water partition coefficient (Wildman–Crippen LogP) is 3.33. The molecule has 0 radical (unpaired) electrons. The molecular formula is C20H21FN4O3. The van der Waals surface area contributed by atoms with E-state index in [2.05, 4.69) is 10.4 Å². The zero-order valence-corrected chi connectivity index (χ0v) is 16.0. The van der Waals surface area contributed by atoms with E-state index in [4.69, 9.17) is 0 Å². The number of para-hydroxylation sites is 1. The minimum Gasteiger partial charge on any atom is -0.507 e. The number of hydrogen-bond acceptors (Lipinski definition) is 4. The van der Waals surface area contributed by atoms with Crippen LogP contribution >= 0.6 is 0 Å². The molecule has 0 aliphatic heterocycles. The van der Waals surface area contributed by atoms with Gasteiger partial charge in [0.2, 0.25) is 0 Å². The number of benzene rings is 2. The van der Waals surface area contributed by atoms with Gasteiger partial charge in [0.15, 0.2) is 0 Å². The molecule has 146 valence electrons. The molecule has 3 rings (SSSR count). The van der Waals surface area contributed by atoms with E-state index in [1.165, 1.54) is 4.57 Å². The second kappa shape index (κ2) is 7.30. The summed E-state index contributed by atoms with van der Waals surface area (Å²) in [6, 6.07) is 8.88. The number of nitrogens with one attached hydrogen (secondary N) is 1. The fourth-order valence-electron chi connectivity index (χ4n) is 3.03. The van der Waals surface area contributed by atoms with Crippen LogP contribution in [0, 0.1) is 19.7 Å². The number of aromatic nitrogens is 3. The third-order valence-corrected chi connectivity index (χ3v) is 4.43. The van der Waals surface area contributed by atoms with Crippen molar-refractivity contribution in [2.24, 2.45) is 0 Å². The Balaban J connectivity index is 2.00. The molecule has 28 heavy (non-hydrogen) atoms. The zero-order valence-electron chi connectivity index (χ0n) is 16.0. The molecule has 1 aromatic heterocycles. The summed E-state index contributed by atoms with van der Waals surface area (Å²) < 4.78 is 17.0. The Morgan fingerprint density at radius 3 is 2.50 bits per heavy atom. The first kappa shape index (κ1) is 19.3. The van der Waals surface area contributed by atoms with Gasteiger partial charge in [-0.05, 0) is 45.4 Å². The molecule has 2 N–H and O–H groups in total.